The molecule has 1 aliphatic carbocycles. The largest absolute Gasteiger partial charge is 0.621 e. The van der Waals surface area contributed by atoms with Crippen molar-refractivity contribution in [2.45, 2.75) is 57.3 Å². The highest BCUT2D eigenvalue weighted by atomic mass is 19.3. The molecule has 0 radical (unpaired) electrons. The molecule has 2 aromatic carbocycles. The van der Waals surface area contributed by atoms with E-state index in [2.05, 4.69) is 14.4 Å². The zero-order valence-electron chi connectivity index (χ0n) is 20.4. The van der Waals surface area contributed by atoms with Gasteiger partial charge in [-0.05, 0) is 42.7 Å². The Labute approximate surface area is 210 Å². The number of fused-ring (bicyclic) bond motifs is 2. The highest BCUT2D eigenvalue weighted by Crippen LogP contribution is 2.51. The van der Waals surface area contributed by atoms with Crippen LogP contribution in [0.4, 0.5) is 14.5 Å². The maximum Gasteiger partial charge on any atom is 0.586 e. The van der Waals surface area contributed by atoms with E-state index in [4.69, 9.17) is 5.26 Å². The van der Waals surface area contributed by atoms with Crippen LogP contribution in [0.3, 0.4) is 0 Å². The summed E-state index contributed by atoms with van der Waals surface area (Å²) in [4.78, 5) is 17.8. The minimum Gasteiger partial charge on any atom is -0.621 e. The van der Waals surface area contributed by atoms with E-state index >= 15 is 0 Å². The summed E-state index contributed by atoms with van der Waals surface area (Å²) < 4.78 is 37.8. The van der Waals surface area contributed by atoms with Gasteiger partial charge in [-0.1, -0.05) is 26.8 Å². The van der Waals surface area contributed by atoms with Gasteiger partial charge in [0.15, 0.2) is 17.2 Å². The number of carbonyl (C=O) groups excluding carboxylic acids is 1. The SMILES string of the molecule is CC(C)(C)c1cc2cc([NH+]([O-])C(=O)C3(c4ccc5c(c4)OC(F)(F)O5)CC3)c(C#N)cc2n1CCOO. The third kappa shape index (κ3) is 4.22. The van der Waals surface area contributed by atoms with Crippen LogP contribution in [-0.4, -0.2) is 28.6 Å². The summed E-state index contributed by atoms with van der Waals surface area (Å²) in [6.07, 6.45) is -3.06. The number of nitrogens with zero attached hydrogens (tertiary/aromatic N) is 2. The van der Waals surface area contributed by atoms with E-state index in [-0.39, 0.29) is 34.8 Å². The minimum atomic E-state index is -3.79. The summed E-state index contributed by atoms with van der Waals surface area (Å²) >= 11 is 0. The highest BCUT2D eigenvalue weighted by Gasteiger charge is 2.56. The number of hydrogen-bond acceptors (Lipinski definition) is 7. The fraction of sp³-hybridized carbons (Fsp3) is 0.385. The Hall–Kier alpha value is -3.56. The second-order valence-electron chi connectivity index (χ2n) is 10.4. The van der Waals surface area contributed by atoms with Crippen LogP contribution >= 0.6 is 0 Å². The van der Waals surface area contributed by atoms with Crippen molar-refractivity contribution in [1.29, 1.82) is 5.26 Å². The zero-order valence-corrected chi connectivity index (χ0v) is 20.4. The van der Waals surface area contributed by atoms with Crippen molar-refractivity contribution < 1.29 is 38.3 Å². The van der Waals surface area contributed by atoms with Gasteiger partial charge in [0.1, 0.15) is 17.0 Å². The number of halogens is 2. The molecule has 9 nitrogen and oxygen atoms in total. The summed E-state index contributed by atoms with van der Waals surface area (Å²) in [5, 5.41) is 32.0. The van der Waals surface area contributed by atoms with E-state index < -0.39 is 22.7 Å². The average molecular weight is 513 g/mol. The van der Waals surface area contributed by atoms with Gasteiger partial charge in [-0.25, -0.2) is 9.68 Å². The van der Waals surface area contributed by atoms with E-state index in [9.17, 15) is 24.0 Å². The monoisotopic (exact) mass is 513 g/mol. The van der Waals surface area contributed by atoms with Gasteiger partial charge in [0.05, 0.1) is 12.1 Å². The molecule has 2 aliphatic rings. The summed E-state index contributed by atoms with van der Waals surface area (Å²) in [5.74, 6) is -1.06. The number of nitriles is 1. The Balaban J connectivity index is 1.53. The van der Waals surface area contributed by atoms with E-state index in [1.165, 1.54) is 24.3 Å². The number of nitrogens with one attached hydrogen (secondary N) is 1. The molecule has 1 unspecified atom stereocenters. The molecule has 37 heavy (non-hydrogen) atoms. The van der Waals surface area contributed by atoms with Crippen molar-refractivity contribution in [2.75, 3.05) is 6.61 Å². The third-order valence-corrected chi connectivity index (χ3v) is 6.93. The predicted octanol–water partition coefficient (Wildman–Crippen LogP) is 3.89. The molecule has 1 saturated carbocycles. The number of alkyl halides is 2. The first-order valence-corrected chi connectivity index (χ1v) is 11.7. The van der Waals surface area contributed by atoms with Gasteiger partial charge in [-0.3, -0.25) is 10.3 Å². The molecule has 11 heteroatoms. The van der Waals surface area contributed by atoms with Gasteiger partial charge in [-0.15, -0.1) is 8.78 Å². The number of hydroxylamine groups is 1. The van der Waals surface area contributed by atoms with E-state index in [1.54, 1.807) is 6.07 Å². The molecular weight excluding hydrogens is 488 g/mol. The number of amides is 1. The van der Waals surface area contributed by atoms with Gasteiger partial charge in [0.25, 0.3) is 0 Å². The Bertz CT molecular complexity index is 1450. The molecule has 194 valence electrons. The standard InChI is InChI=1S/C26H25F2N3O6/c1-24(2,3)22-12-15-10-19(16(14-29)11-18(15)30(22)8-9-35-34)31(33)23(32)25(6-7-25)17-4-5-20-21(13-17)37-26(27,28)36-20/h4-5,10-13,31,34H,6-9H2,1-3H3. The van der Waals surface area contributed by atoms with Crippen LogP contribution in [0.2, 0.25) is 0 Å². The Kier molecular flexibility index (Phi) is 5.76. The summed E-state index contributed by atoms with van der Waals surface area (Å²) in [6.45, 7) is 6.37. The first-order chi connectivity index (χ1) is 17.4. The van der Waals surface area contributed by atoms with Crippen molar-refractivity contribution in [3.8, 4) is 17.6 Å². The number of rotatable bonds is 6. The molecule has 1 aromatic heterocycles. The molecule has 3 aromatic rings. The van der Waals surface area contributed by atoms with Gasteiger partial charge < -0.3 is 19.2 Å². The normalized spacial score (nSPS) is 18.0. The third-order valence-electron chi connectivity index (χ3n) is 6.93. The van der Waals surface area contributed by atoms with Gasteiger partial charge in [0, 0.05) is 29.1 Å². The number of quaternary nitrogens is 1. The molecule has 1 fully saturated rings. The lowest BCUT2D eigenvalue weighted by Crippen LogP contribution is -3.07. The van der Waals surface area contributed by atoms with Gasteiger partial charge >= 0.3 is 12.2 Å². The van der Waals surface area contributed by atoms with Crippen molar-refractivity contribution >= 4 is 22.5 Å². The Morgan fingerprint density at radius 3 is 2.54 bits per heavy atom. The molecule has 2 heterocycles. The van der Waals surface area contributed by atoms with Crippen LogP contribution in [0.15, 0.2) is 36.4 Å². The number of carbonyl (C=O) groups is 1. The predicted molar refractivity (Wildman–Crippen MR) is 126 cm³/mol. The van der Waals surface area contributed by atoms with E-state index in [0.29, 0.717) is 35.9 Å². The lowest BCUT2D eigenvalue weighted by atomic mass is 9.92. The zero-order chi connectivity index (χ0) is 26.8. The molecule has 0 bridgehead atoms. The first kappa shape index (κ1) is 25.1. The topological polar surface area (TPSA) is 121 Å². The van der Waals surface area contributed by atoms with Crippen LogP contribution in [0.5, 0.6) is 11.5 Å². The summed E-state index contributed by atoms with van der Waals surface area (Å²) in [5.41, 5.74) is 0.503. The van der Waals surface area contributed by atoms with Crippen molar-refractivity contribution in [3.63, 3.8) is 0 Å². The minimum absolute atomic E-state index is 0.0189. The lowest BCUT2D eigenvalue weighted by molar-refractivity contribution is -0.691. The number of benzene rings is 2. The van der Waals surface area contributed by atoms with Crippen molar-refractivity contribution in [2.24, 2.45) is 0 Å². The number of ether oxygens (including phenoxy) is 2. The molecule has 5 rings (SSSR count). The maximum absolute atomic E-state index is 13.5. The summed E-state index contributed by atoms with van der Waals surface area (Å²) in [7, 11) is 0. The molecule has 0 spiro atoms. The van der Waals surface area contributed by atoms with Crippen LogP contribution in [0, 0.1) is 16.5 Å². The van der Waals surface area contributed by atoms with Gasteiger partial charge in [-0.2, -0.15) is 5.26 Å². The van der Waals surface area contributed by atoms with Crippen molar-refractivity contribution in [1.82, 2.24) is 4.57 Å². The fourth-order valence-electron chi connectivity index (χ4n) is 4.94. The van der Waals surface area contributed by atoms with E-state index in [0.717, 1.165) is 5.69 Å². The first-order valence-electron chi connectivity index (χ1n) is 11.7. The fourth-order valence-corrected chi connectivity index (χ4v) is 4.94. The number of hydrogen-bond donors (Lipinski definition) is 2. The summed E-state index contributed by atoms with van der Waals surface area (Å²) in [6, 6.07) is 11.1. The highest BCUT2D eigenvalue weighted by molar-refractivity contribution is 5.90. The molecule has 2 N–H and O–H groups in total. The van der Waals surface area contributed by atoms with Crippen LogP contribution in [-0.2, 0) is 27.1 Å². The van der Waals surface area contributed by atoms with Crippen LogP contribution in [0.1, 0.15) is 50.4 Å². The second-order valence-corrected chi connectivity index (χ2v) is 10.4. The maximum atomic E-state index is 13.5. The molecule has 0 saturated heterocycles. The van der Waals surface area contributed by atoms with Crippen molar-refractivity contribution in [3.05, 3.63) is 58.4 Å². The van der Waals surface area contributed by atoms with E-state index in [1.807, 2.05) is 37.5 Å². The molecule has 1 amide bonds. The second kappa shape index (κ2) is 8.49. The van der Waals surface area contributed by atoms with Gasteiger partial charge in [0.2, 0.25) is 0 Å². The molecular formula is C26H25F2N3O6. The van der Waals surface area contributed by atoms with Crippen LogP contribution < -0.4 is 14.5 Å². The quantitative estimate of drug-likeness (QED) is 0.379. The average Bonchev–Trinajstić information content (AvgIpc) is 3.47. The Morgan fingerprint density at radius 2 is 1.92 bits per heavy atom. The lowest BCUT2D eigenvalue weighted by Gasteiger charge is -2.25. The Morgan fingerprint density at radius 1 is 1.22 bits per heavy atom. The number of aromatic nitrogens is 1. The smallest absolute Gasteiger partial charge is 0.586 e. The molecule has 1 aliphatic heterocycles. The molecule has 1 atom stereocenters. The van der Waals surface area contributed by atoms with Crippen LogP contribution in [0.25, 0.3) is 10.9 Å².